The van der Waals surface area contributed by atoms with Gasteiger partial charge in [0.2, 0.25) is 11.8 Å². The molecule has 0 N–H and O–H groups in total. The van der Waals surface area contributed by atoms with Crippen LogP contribution in [0.3, 0.4) is 0 Å². The number of hydrogen-bond donors (Lipinski definition) is 0. The van der Waals surface area contributed by atoms with Crippen molar-refractivity contribution in [1.82, 2.24) is 19.7 Å². The van der Waals surface area contributed by atoms with Crippen LogP contribution in [0.2, 0.25) is 0 Å². The van der Waals surface area contributed by atoms with Crippen molar-refractivity contribution in [2.24, 2.45) is 11.8 Å². The molecule has 4 atom stereocenters. The Morgan fingerprint density at radius 1 is 1.36 bits per heavy atom. The summed E-state index contributed by atoms with van der Waals surface area (Å²) in [5, 5.41) is 0. The highest BCUT2D eigenvalue weighted by Crippen LogP contribution is 2.39. The van der Waals surface area contributed by atoms with Crippen LogP contribution < -0.4 is 0 Å². The van der Waals surface area contributed by atoms with Crippen LogP contribution in [-0.4, -0.2) is 71.8 Å². The maximum atomic E-state index is 13.3. The predicted octanol–water partition coefficient (Wildman–Crippen LogP) is 1.40. The Hall–Kier alpha value is -1.95. The molecule has 1 aromatic rings. The van der Waals surface area contributed by atoms with Gasteiger partial charge in [-0.1, -0.05) is 19.4 Å². The van der Waals surface area contributed by atoms with Gasteiger partial charge < -0.3 is 14.7 Å². The van der Waals surface area contributed by atoms with Gasteiger partial charge in [-0.2, -0.15) is 0 Å². The first kappa shape index (κ1) is 17.9. The number of hydrogen-bond acceptors (Lipinski definition) is 4. The summed E-state index contributed by atoms with van der Waals surface area (Å²) in [4.78, 5) is 35.6. The van der Waals surface area contributed by atoms with Crippen LogP contribution in [0, 0.1) is 11.8 Å². The van der Waals surface area contributed by atoms with Crippen molar-refractivity contribution >= 4 is 11.8 Å². The van der Waals surface area contributed by atoms with Gasteiger partial charge >= 0.3 is 0 Å². The number of rotatable bonds is 4. The van der Waals surface area contributed by atoms with Crippen LogP contribution in [-0.2, 0) is 9.59 Å². The Bertz CT molecular complexity index is 634. The fraction of sp³-hybridized carbons (Fsp3) is 0.632. The molecule has 2 fully saturated rings. The summed E-state index contributed by atoms with van der Waals surface area (Å²) in [6, 6.07) is 3.99. The van der Waals surface area contributed by atoms with Gasteiger partial charge in [-0.3, -0.25) is 14.6 Å². The molecule has 2 saturated heterocycles. The molecule has 0 saturated carbocycles. The lowest BCUT2D eigenvalue weighted by Crippen LogP contribution is -2.39. The number of nitrogens with zero attached hydrogens (tertiary/aromatic N) is 4. The third-order valence-electron chi connectivity index (χ3n) is 5.84. The van der Waals surface area contributed by atoms with Crippen molar-refractivity contribution in [3.8, 4) is 0 Å². The Balaban J connectivity index is 1.82. The van der Waals surface area contributed by atoms with E-state index in [1.165, 1.54) is 0 Å². The molecule has 1 aromatic heterocycles. The third kappa shape index (κ3) is 3.27. The molecule has 0 spiro atoms. The highest BCUT2D eigenvalue weighted by Gasteiger charge is 2.46. The number of likely N-dealkylation sites (tertiary alicyclic amines) is 2. The van der Waals surface area contributed by atoms with E-state index in [0.717, 1.165) is 25.1 Å². The molecule has 0 unspecified atom stereocenters. The SMILES string of the molecule is CC[C@@H]1CN(C(=O)[C@@H]2CC(=O)N(C)[C@H]2c2cccnc2)C[C@H]1N(C)C. The predicted molar refractivity (Wildman–Crippen MR) is 95.7 cm³/mol. The topological polar surface area (TPSA) is 56.8 Å². The number of aromatic nitrogens is 1. The number of carbonyl (C=O) groups excluding carboxylic acids is 2. The Labute approximate surface area is 149 Å². The van der Waals surface area contributed by atoms with Gasteiger partial charge in [0.15, 0.2) is 0 Å². The molecule has 0 aliphatic carbocycles. The second-order valence-corrected chi connectivity index (χ2v) is 7.49. The van der Waals surface area contributed by atoms with Crippen LogP contribution in [0.1, 0.15) is 31.4 Å². The highest BCUT2D eigenvalue weighted by atomic mass is 16.2. The summed E-state index contributed by atoms with van der Waals surface area (Å²) in [7, 11) is 5.94. The van der Waals surface area contributed by atoms with Crippen molar-refractivity contribution in [3.63, 3.8) is 0 Å². The lowest BCUT2D eigenvalue weighted by atomic mass is 9.93. The van der Waals surface area contributed by atoms with Crippen LogP contribution in [0.15, 0.2) is 24.5 Å². The number of carbonyl (C=O) groups is 2. The molecule has 3 rings (SSSR count). The monoisotopic (exact) mass is 344 g/mol. The molecule has 2 amide bonds. The summed E-state index contributed by atoms with van der Waals surface area (Å²) in [5.74, 6) is 0.308. The van der Waals surface area contributed by atoms with Gasteiger partial charge in [0.25, 0.3) is 0 Å². The third-order valence-corrected chi connectivity index (χ3v) is 5.84. The molecule has 6 nitrogen and oxygen atoms in total. The average Bonchev–Trinajstić information content (AvgIpc) is 3.17. The Morgan fingerprint density at radius 2 is 2.12 bits per heavy atom. The molecule has 0 aromatic carbocycles. The number of amides is 2. The van der Waals surface area contributed by atoms with Gasteiger partial charge in [0.1, 0.15) is 0 Å². The highest BCUT2D eigenvalue weighted by molar-refractivity contribution is 5.90. The van der Waals surface area contributed by atoms with Crippen molar-refractivity contribution < 1.29 is 9.59 Å². The van der Waals surface area contributed by atoms with Crippen molar-refractivity contribution in [2.75, 3.05) is 34.2 Å². The molecule has 2 aliphatic heterocycles. The fourth-order valence-electron chi connectivity index (χ4n) is 4.35. The van der Waals surface area contributed by atoms with E-state index < -0.39 is 0 Å². The minimum Gasteiger partial charge on any atom is -0.340 e. The molecule has 2 aliphatic rings. The van der Waals surface area contributed by atoms with Crippen LogP contribution in [0.25, 0.3) is 0 Å². The fourth-order valence-corrected chi connectivity index (χ4v) is 4.35. The van der Waals surface area contributed by atoms with Gasteiger partial charge in [-0.15, -0.1) is 0 Å². The van der Waals surface area contributed by atoms with Crippen LogP contribution >= 0.6 is 0 Å². The van der Waals surface area contributed by atoms with Crippen LogP contribution in [0.5, 0.6) is 0 Å². The Kier molecular flexibility index (Phi) is 5.08. The van der Waals surface area contributed by atoms with Crippen molar-refractivity contribution in [3.05, 3.63) is 30.1 Å². The average molecular weight is 344 g/mol. The van der Waals surface area contributed by atoms with E-state index in [2.05, 4.69) is 30.9 Å². The minimum absolute atomic E-state index is 0.0302. The molecule has 136 valence electrons. The standard InChI is InChI=1S/C19H28N4O2/c1-5-13-11-23(12-16(13)21(2)3)19(25)15-9-17(24)22(4)18(15)14-7-6-8-20-10-14/h6-8,10,13,15-16,18H,5,9,11-12H2,1-4H3/t13-,15-,16-,18+/m1/s1. The zero-order valence-electron chi connectivity index (χ0n) is 15.6. The maximum absolute atomic E-state index is 13.3. The van der Waals surface area contributed by atoms with Crippen molar-refractivity contribution in [2.45, 2.75) is 31.8 Å². The molecular formula is C19H28N4O2. The Morgan fingerprint density at radius 3 is 2.68 bits per heavy atom. The van der Waals surface area contributed by atoms with E-state index in [1.54, 1.807) is 24.3 Å². The lowest BCUT2D eigenvalue weighted by Gasteiger charge is -2.28. The molecule has 0 radical (unpaired) electrons. The molecular weight excluding hydrogens is 316 g/mol. The zero-order valence-corrected chi connectivity index (χ0v) is 15.6. The second-order valence-electron chi connectivity index (χ2n) is 7.49. The van der Waals surface area contributed by atoms with E-state index in [1.807, 2.05) is 17.0 Å². The summed E-state index contributed by atoms with van der Waals surface area (Å²) in [5.41, 5.74) is 0.935. The summed E-state index contributed by atoms with van der Waals surface area (Å²) in [6.45, 7) is 3.71. The van der Waals surface area contributed by atoms with Crippen LogP contribution in [0.4, 0.5) is 0 Å². The molecule has 0 bridgehead atoms. The summed E-state index contributed by atoms with van der Waals surface area (Å²) in [6.07, 6.45) is 4.82. The van der Waals surface area contributed by atoms with Crippen molar-refractivity contribution in [1.29, 1.82) is 0 Å². The molecule has 6 heteroatoms. The number of pyridine rings is 1. The van der Waals surface area contributed by atoms with E-state index in [0.29, 0.717) is 12.0 Å². The summed E-state index contributed by atoms with van der Waals surface area (Å²) >= 11 is 0. The van der Waals surface area contributed by atoms with E-state index in [-0.39, 0.29) is 30.2 Å². The van der Waals surface area contributed by atoms with Gasteiger partial charge in [-0.25, -0.2) is 0 Å². The normalized spacial score (nSPS) is 29.7. The first-order valence-corrected chi connectivity index (χ1v) is 9.04. The quantitative estimate of drug-likeness (QED) is 0.828. The second kappa shape index (κ2) is 7.12. The first-order chi connectivity index (χ1) is 11.9. The van der Waals surface area contributed by atoms with Gasteiger partial charge in [0.05, 0.1) is 12.0 Å². The first-order valence-electron chi connectivity index (χ1n) is 9.04. The maximum Gasteiger partial charge on any atom is 0.228 e. The molecule has 3 heterocycles. The number of likely N-dealkylation sites (N-methyl/N-ethyl adjacent to an activating group) is 1. The lowest BCUT2D eigenvalue weighted by molar-refractivity contribution is -0.135. The zero-order chi connectivity index (χ0) is 18.1. The smallest absolute Gasteiger partial charge is 0.228 e. The molecule has 25 heavy (non-hydrogen) atoms. The minimum atomic E-state index is -0.319. The van der Waals surface area contributed by atoms with E-state index in [4.69, 9.17) is 0 Å². The summed E-state index contributed by atoms with van der Waals surface area (Å²) < 4.78 is 0. The van der Waals surface area contributed by atoms with E-state index in [9.17, 15) is 9.59 Å². The largest absolute Gasteiger partial charge is 0.340 e. The van der Waals surface area contributed by atoms with Gasteiger partial charge in [0, 0.05) is 45.0 Å². The van der Waals surface area contributed by atoms with E-state index >= 15 is 0 Å². The van der Waals surface area contributed by atoms with Gasteiger partial charge in [-0.05, 0) is 31.6 Å².